The number of hydrogen-bond donors (Lipinski definition) is 2. The quantitative estimate of drug-likeness (QED) is 0.342. The van der Waals surface area contributed by atoms with Gasteiger partial charge in [0.2, 0.25) is 0 Å². The van der Waals surface area contributed by atoms with Gasteiger partial charge in [0.05, 0.1) is 17.9 Å². The van der Waals surface area contributed by atoms with Crippen molar-refractivity contribution in [3.05, 3.63) is 52.1 Å². The summed E-state index contributed by atoms with van der Waals surface area (Å²) >= 11 is 3.48. The first kappa shape index (κ1) is 19.4. The molecule has 0 aliphatic rings. The number of hydrogen-bond acceptors (Lipinski definition) is 3. The number of pyridine rings is 1. The second-order valence-corrected chi connectivity index (χ2v) is 7.39. The fraction of sp³-hybridized carbons (Fsp3) is 0.421. The van der Waals surface area contributed by atoms with E-state index in [0.29, 0.717) is 6.54 Å². The van der Waals surface area contributed by atoms with Crippen LogP contribution in [0.25, 0.3) is 5.65 Å². The first-order valence-electron chi connectivity index (χ1n) is 9.21. The van der Waals surface area contributed by atoms with Crippen molar-refractivity contribution in [1.82, 2.24) is 29.8 Å². The summed E-state index contributed by atoms with van der Waals surface area (Å²) in [7, 11) is 0. The van der Waals surface area contributed by atoms with Gasteiger partial charge in [-0.1, -0.05) is 0 Å². The van der Waals surface area contributed by atoms with E-state index in [9.17, 15) is 0 Å². The van der Waals surface area contributed by atoms with Crippen molar-refractivity contribution in [2.75, 3.05) is 13.1 Å². The molecule has 0 saturated heterocycles. The lowest BCUT2D eigenvalue weighted by Gasteiger charge is -2.11. The second kappa shape index (κ2) is 9.03. The van der Waals surface area contributed by atoms with E-state index in [1.54, 1.807) is 0 Å². The number of aryl methyl sites for hydroxylation is 3. The van der Waals surface area contributed by atoms with E-state index in [1.807, 2.05) is 35.9 Å². The van der Waals surface area contributed by atoms with Crippen LogP contribution >= 0.6 is 15.9 Å². The molecule has 0 aliphatic heterocycles. The molecule has 144 valence electrons. The smallest absolute Gasteiger partial charge is 0.191 e. The number of imidazole rings is 1. The molecule has 0 atom stereocenters. The molecule has 7 nitrogen and oxygen atoms in total. The van der Waals surface area contributed by atoms with Gasteiger partial charge in [0.1, 0.15) is 5.65 Å². The van der Waals surface area contributed by atoms with Crippen LogP contribution in [0.4, 0.5) is 0 Å². The standard InChI is InChI=1S/C19H26BrN7/c1-4-21-19(22-8-5-9-27-15(3)10-14(2)25-27)23-11-17-13-26-12-16(20)6-7-18(26)24-17/h6-7,10,12-13H,4-5,8-9,11H2,1-3H3,(H2,21,22,23). The van der Waals surface area contributed by atoms with Gasteiger partial charge in [-0.15, -0.1) is 0 Å². The van der Waals surface area contributed by atoms with Gasteiger partial charge < -0.3 is 15.0 Å². The Labute approximate surface area is 168 Å². The lowest BCUT2D eigenvalue weighted by molar-refractivity contribution is 0.555. The van der Waals surface area contributed by atoms with E-state index in [2.05, 4.69) is 66.2 Å². The van der Waals surface area contributed by atoms with Crippen molar-refractivity contribution < 1.29 is 0 Å². The summed E-state index contributed by atoms with van der Waals surface area (Å²) in [5.74, 6) is 0.809. The third-order valence-electron chi connectivity index (χ3n) is 4.15. The van der Waals surface area contributed by atoms with Crippen molar-refractivity contribution >= 4 is 27.5 Å². The number of aromatic nitrogens is 4. The molecule has 0 spiro atoms. The highest BCUT2D eigenvalue weighted by atomic mass is 79.9. The summed E-state index contributed by atoms with van der Waals surface area (Å²) in [6.07, 6.45) is 4.99. The first-order valence-corrected chi connectivity index (χ1v) is 10.0. The maximum Gasteiger partial charge on any atom is 0.191 e. The van der Waals surface area contributed by atoms with Gasteiger partial charge in [-0.25, -0.2) is 9.98 Å². The van der Waals surface area contributed by atoms with E-state index >= 15 is 0 Å². The van der Waals surface area contributed by atoms with Crippen LogP contribution in [0.1, 0.15) is 30.4 Å². The third-order valence-corrected chi connectivity index (χ3v) is 4.62. The topological polar surface area (TPSA) is 71.5 Å². The van der Waals surface area contributed by atoms with Crippen LogP contribution in [0.2, 0.25) is 0 Å². The Kier molecular flexibility index (Phi) is 6.49. The highest BCUT2D eigenvalue weighted by Crippen LogP contribution is 2.12. The van der Waals surface area contributed by atoms with E-state index in [0.717, 1.165) is 53.5 Å². The summed E-state index contributed by atoms with van der Waals surface area (Å²) in [6.45, 7) is 9.26. The van der Waals surface area contributed by atoms with Crippen LogP contribution in [0, 0.1) is 13.8 Å². The molecule has 0 unspecified atom stereocenters. The molecule has 0 bridgehead atoms. The summed E-state index contributed by atoms with van der Waals surface area (Å²) < 4.78 is 5.08. The Morgan fingerprint density at radius 1 is 1.22 bits per heavy atom. The summed E-state index contributed by atoms with van der Waals surface area (Å²) in [5, 5.41) is 11.2. The average Bonchev–Trinajstić information content (AvgIpc) is 3.17. The van der Waals surface area contributed by atoms with E-state index in [-0.39, 0.29) is 0 Å². The number of rotatable bonds is 7. The Morgan fingerprint density at radius 2 is 2.07 bits per heavy atom. The summed E-state index contributed by atoms with van der Waals surface area (Å²) in [4.78, 5) is 9.25. The van der Waals surface area contributed by atoms with Crippen LogP contribution < -0.4 is 10.6 Å². The highest BCUT2D eigenvalue weighted by molar-refractivity contribution is 9.10. The van der Waals surface area contributed by atoms with Crippen molar-refractivity contribution in [2.45, 2.75) is 40.3 Å². The normalized spacial score (nSPS) is 11.9. The van der Waals surface area contributed by atoms with Crippen molar-refractivity contribution in [1.29, 1.82) is 0 Å². The predicted molar refractivity (Wildman–Crippen MR) is 112 cm³/mol. The van der Waals surface area contributed by atoms with E-state index in [1.165, 1.54) is 5.69 Å². The highest BCUT2D eigenvalue weighted by Gasteiger charge is 2.04. The Morgan fingerprint density at radius 3 is 2.81 bits per heavy atom. The van der Waals surface area contributed by atoms with Gasteiger partial charge in [0.25, 0.3) is 0 Å². The molecule has 0 fully saturated rings. The van der Waals surface area contributed by atoms with Crippen LogP contribution in [-0.2, 0) is 13.1 Å². The van der Waals surface area contributed by atoms with Gasteiger partial charge in [0.15, 0.2) is 5.96 Å². The Balaban J connectivity index is 1.54. The molecule has 8 heteroatoms. The van der Waals surface area contributed by atoms with Crippen LogP contribution in [0.15, 0.2) is 40.1 Å². The molecule has 27 heavy (non-hydrogen) atoms. The molecule has 3 aromatic rings. The van der Waals surface area contributed by atoms with Crippen molar-refractivity contribution in [2.24, 2.45) is 4.99 Å². The Hall–Kier alpha value is -2.35. The van der Waals surface area contributed by atoms with Gasteiger partial charge >= 0.3 is 0 Å². The molecule has 0 amide bonds. The zero-order valence-corrected chi connectivity index (χ0v) is 17.6. The number of nitrogens with one attached hydrogen (secondary N) is 2. The van der Waals surface area contributed by atoms with Crippen molar-refractivity contribution in [3.63, 3.8) is 0 Å². The Bertz CT molecular complexity index is 925. The summed E-state index contributed by atoms with van der Waals surface area (Å²) in [5.41, 5.74) is 4.13. The molecule has 0 saturated carbocycles. The lowest BCUT2D eigenvalue weighted by atomic mass is 10.4. The molecule has 0 radical (unpaired) electrons. The van der Waals surface area contributed by atoms with Crippen LogP contribution in [-0.4, -0.2) is 38.2 Å². The zero-order chi connectivity index (χ0) is 19.2. The molecule has 0 aliphatic carbocycles. The van der Waals surface area contributed by atoms with Crippen LogP contribution in [0.5, 0.6) is 0 Å². The molecule has 2 N–H and O–H groups in total. The average molecular weight is 432 g/mol. The fourth-order valence-corrected chi connectivity index (χ4v) is 3.28. The molecule has 0 aromatic carbocycles. The van der Waals surface area contributed by atoms with Crippen molar-refractivity contribution in [3.8, 4) is 0 Å². The molecule has 3 heterocycles. The SMILES string of the molecule is CCNC(=NCc1cn2cc(Br)ccc2n1)NCCCn1nc(C)cc1C. The molecule has 3 aromatic heterocycles. The summed E-state index contributed by atoms with van der Waals surface area (Å²) in [6, 6.07) is 6.08. The number of fused-ring (bicyclic) bond motifs is 1. The maximum atomic E-state index is 4.65. The number of aliphatic imine (C=N–C) groups is 1. The maximum absolute atomic E-state index is 4.65. The van der Waals surface area contributed by atoms with Gasteiger partial charge in [-0.2, -0.15) is 5.10 Å². The molecular weight excluding hydrogens is 406 g/mol. The van der Waals surface area contributed by atoms with Gasteiger partial charge in [-0.05, 0) is 61.3 Å². The van der Waals surface area contributed by atoms with E-state index in [4.69, 9.17) is 0 Å². The number of halogens is 1. The first-order chi connectivity index (χ1) is 13.0. The minimum Gasteiger partial charge on any atom is -0.357 e. The van der Waals surface area contributed by atoms with Gasteiger partial charge in [0, 0.05) is 42.2 Å². The number of guanidine groups is 1. The number of nitrogens with zero attached hydrogens (tertiary/aromatic N) is 5. The third kappa shape index (κ3) is 5.32. The minimum atomic E-state index is 0.534. The predicted octanol–water partition coefficient (Wildman–Crippen LogP) is 3.06. The fourth-order valence-electron chi connectivity index (χ4n) is 2.93. The molecular formula is C19H26BrN7. The second-order valence-electron chi connectivity index (χ2n) is 6.47. The van der Waals surface area contributed by atoms with Crippen LogP contribution in [0.3, 0.4) is 0 Å². The largest absolute Gasteiger partial charge is 0.357 e. The monoisotopic (exact) mass is 431 g/mol. The lowest BCUT2D eigenvalue weighted by Crippen LogP contribution is -2.38. The minimum absolute atomic E-state index is 0.534. The van der Waals surface area contributed by atoms with Gasteiger partial charge in [-0.3, -0.25) is 4.68 Å². The molecule has 3 rings (SSSR count). The van der Waals surface area contributed by atoms with E-state index < -0.39 is 0 Å². The zero-order valence-electron chi connectivity index (χ0n) is 16.0.